The Kier molecular flexibility index (Phi) is 7.83. The van der Waals surface area contributed by atoms with Gasteiger partial charge in [-0.25, -0.2) is 4.68 Å². The van der Waals surface area contributed by atoms with Crippen molar-refractivity contribution < 1.29 is 0 Å². The lowest BCUT2D eigenvalue weighted by molar-refractivity contribution is 0.614. The molecule has 2 aromatic rings. The maximum absolute atomic E-state index is 4.80. The topological polar surface area (TPSA) is 54.2 Å². The number of aliphatic imine (C=N–C) groups is 1. The average molecular weight is 400 g/mol. The molecule has 1 aromatic carbocycles. The molecule has 2 unspecified atom stereocenters. The van der Waals surface area contributed by atoms with E-state index in [9.17, 15) is 0 Å². The average Bonchev–Trinajstić information content (AvgIpc) is 3.32. The minimum absolute atomic E-state index is 0.557. The highest BCUT2D eigenvalue weighted by Crippen LogP contribution is 2.28. The van der Waals surface area contributed by atoms with Crippen molar-refractivity contribution in [1.29, 1.82) is 0 Å². The Bertz CT molecular complexity index is 756. The molecule has 5 nitrogen and oxygen atoms in total. The van der Waals surface area contributed by atoms with Crippen LogP contribution in [0.25, 0.3) is 5.69 Å². The number of hydrogen-bond acceptors (Lipinski definition) is 3. The largest absolute Gasteiger partial charge is 0.357 e. The molecule has 0 saturated heterocycles. The third kappa shape index (κ3) is 5.77. The second-order valence-corrected chi connectivity index (χ2v) is 8.53. The molecule has 2 atom stereocenters. The molecule has 0 radical (unpaired) electrons. The Morgan fingerprint density at radius 3 is 2.82 bits per heavy atom. The molecule has 2 N–H and O–H groups in total. The lowest BCUT2D eigenvalue weighted by Crippen LogP contribution is -2.42. The lowest BCUT2D eigenvalue weighted by Gasteiger charge is -2.17. The summed E-state index contributed by atoms with van der Waals surface area (Å²) in [4.78, 5) is 4.80. The first kappa shape index (κ1) is 20.8. The maximum Gasteiger partial charge on any atom is 0.191 e. The highest BCUT2D eigenvalue weighted by Gasteiger charge is 2.24. The third-order valence-electron chi connectivity index (χ3n) is 5.30. The van der Waals surface area contributed by atoms with Crippen molar-refractivity contribution in [2.75, 3.05) is 19.3 Å². The summed E-state index contributed by atoms with van der Waals surface area (Å²) >= 11 is 1.99. The van der Waals surface area contributed by atoms with Crippen molar-refractivity contribution in [2.45, 2.75) is 57.2 Å². The fourth-order valence-corrected chi connectivity index (χ4v) is 4.51. The van der Waals surface area contributed by atoms with Crippen molar-refractivity contribution in [3.8, 4) is 5.69 Å². The lowest BCUT2D eigenvalue weighted by atomic mass is 10.1. The number of aromatic nitrogens is 2. The van der Waals surface area contributed by atoms with Crippen LogP contribution in [0.4, 0.5) is 0 Å². The van der Waals surface area contributed by atoms with Gasteiger partial charge in [0.15, 0.2) is 5.96 Å². The molecule has 6 heteroatoms. The van der Waals surface area contributed by atoms with Crippen LogP contribution in [0.5, 0.6) is 0 Å². The van der Waals surface area contributed by atoms with E-state index in [1.54, 1.807) is 0 Å². The molecule has 0 bridgehead atoms. The van der Waals surface area contributed by atoms with Gasteiger partial charge in [-0.1, -0.05) is 18.2 Å². The number of nitrogens with zero attached hydrogens (tertiary/aromatic N) is 3. The summed E-state index contributed by atoms with van der Waals surface area (Å²) in [6.07, 6.45) is 10.2. The van der Waals surface area contributed by atoms with Gasteiger partial charge < -0.3 is 10.6 Å². The fraction of sp³-hybridized carbons (Fsp3) is 0.545. The van der Waals surface area contributed by atoms with Crippen LogP contribution in [0.3, 0.4) is 0 Å². The van der Waals surface area contributed by atoms with Gasteiger partial charge >= 0.3 is 0 Å². The van der Waals surface area contributed by atoms with E-state index in [0.29, 0.717) is 6.04 Å². The first-order valence-electron chi connectivity index (χ1n) is 10.4. The zero-order chi connectivity index (χ0) is 19.8. The Morgan fingerprint density at radius 2 is 2.11 bits per heavy atom. The predicted octanol–water partition coefficient (Wildman–Crippen LogP) is 3.95. The van der Waals surface area contributed by atoms with Crippen LogP contribution in [0, 0.1) is 6.92 Å². The number of para-hydroxylation sites is 1. The van der Waals surface area contributed by atoms with E-state index < -0.39 is 0 Å². The van der Waals surface area contributed by atoms with Gasteiger partial charge in [0.1, 0.15) is 0 Å². The Labute approximate surface area is 173 Å². The summed E-state index contributed by atoms with van der Waals surface area (Å²) in [5.74, 6) is 0.964. The smallest absolute Gasteiger partial charge is 0.191 e. The molecule has 3 rings (SSSR count). The first-order chi connectivity index (χ1) is 13.7. The number of guanidine groups is 1. The first-order valence-corrected chi connectivity index (χ1v) is 11.7. The predicted molar refractivity (Wildman–Crippen MR) is 121 cm³/mol. The molecule has 152 valence electrons. The van der Waals surface area contributed by atoms with E-state index in [1.807, 2.05) is 34.6 Å². The van der Waals surface area contributed by atoms with Crippen LogP contribution < -0.4 is 10.6 Å². The molecular formula is C22H33N5S. The van der Waals surface area contributed by atoms with E-state index >= 15 is 0 Å². The van der Waals surface area contributed by atoms with Crippen molar-refractivity contribution in [1.82, 2.24) is 20.4 Å². The summed E-state index contributed by atoms with van der Waals surface area (Å²) in [6.45, 7) is 5.93. The zero-order valence-electron chi connectivity index (χ0n) is 17.3. The van der Waals surface area contributed by atoms with Crippen LogP contribution in [-0.4, -0.2) is 46.4 Å². The molecule has 1 heterocycles. The van der Waals surface area contributed by atoms with Crippen LogP contribution in [0.15, 0.2) is 41.5 Å². The van der Waals surface area contributed by atoms with Crippen molar-refractivity contribution in [2.24, 2.45) is 4.99 Å². The van der Waals surface area contributed by atoms with Crippen molar-refractivity contribution >= 4 is 17.7 Å². The Morgan fingerprint density at radius 1 is 1.29 bits per heavy atom. The van der Waals surface area contributed by atoms with Gasteiger partial charge in [0.2, 0.25) is 0 Å². The number of thioether (sulfide) groups is 1. The molecule has 1 saturated carbocycles. The van der Waals surface area contributed by atoms with Crippen LogP contribution >= 0.6 is 11.8 Å². The molecule has 28 heavy (non-hydrogen) atoms. The van der Waals surface area contributed by atoms with Gasteiger partial charge in [-0.05, 0) is 69.9 Å². The SMILES string of the molecule is CCNC(=NCCCc1cn(-c2ccccc2)nc1C)NC1CCC(SC)C1. The standard InChI is InChI=1S/C22H33N5S/c1-4-23-22(25-19-12-13-21(15-19)28-3)24-14-8-9-18-16-27(26-17(18)2)20-10-6-5-7-11-20/h5-7,10-11,16,19,21H,4,8-9,12-15H2,1-3H3,(H2,23,24,25). The zero-order valence-corrected chi connectivity index (χ0v) is 18.1. The molecule has 0 amide bonds. The van der Waals surface area contributed by atoms with E-state index in [-0.39, 0.29) is 0 Å². The number of benzene rings is 1. The Balaban J connectivity index is 1.51. The van der Waals surface area contributed by atoms with E-state index in [1.165, 1.54) is 24.8 Å². The highest BCUT2D eigenvalue weighted by atomic mass is 32.2. The van der Waals surface area contributed by atoms with Crippen LogP contribution in [-0.2, 0) is 6.42 Å². The van der Waals surface area contributed by atoms with Crippen molar-refractivity contribution in [3.63, 3.8) is 0 Å². The van der Waals surface area contributed by atoms with Crippen molar-refractivity contribution in [3.05, 3.63) is 47.8 Å². The fourth-order valence-electron chi connectivity index (χ4n) is 3.71. The van der Waals surface area contributed by atoms with E-state index in [0.717, 1.165) is 48.5 Å². The van der Waals surface area contributed by atoms with E-state index in [4.69, 9.17) is 4.99 Å². The monoisotopic (exact) mass is 399 g/mol. The molecular weight excluding hydrogens is 366 g/mol. The number of hydrogen-bond donors (Lipinski definition) is 2. The van der Waals surface area contributed by atoms with Gasteiger partial charge in [0, 0.05) is 30.6 Å². The minimum atomic E-state index is 0.557. The summed E-state index contributed by atoms with van der Waals surface area (Å²) in [5, 5.41) is 12.5. The number of rotatable bonds is 8. The number of aryl methyl sites for hydroxylation is 2. The molecule has 0 aliphatic heterocycles. The molecule has 0 spiro atoms. The quantitative estimate of drug-likeness (QED) is 0.401. The van der Waals surface area contributed by atoms with Crippen LogP contribution in [0.1, 0.15) is 43.9 Å². The number of nitrogens with one attached hydrogen (secondary N) is 2. The van der Waals surface area contributed by atoms with Gasteiger partial charge in [-0.3, -0.25) is 4.99 Å². The van der Waals surface area contributed by atoms with Gasteiger partial charge in [-0.15, -0.1) is 0 Å². The van der Waals surface area contributed by atoms with Crippen LogP contribution in [0.2, 0.25) is 0 Å². The second kappa shape index (κ2) is 10.6. The van der Waals surface area contributed by atoms with E-state index in [2.05, 4.69) is 54.2 Å². The summed E-state index contributed by atoms with van der Waals surface area (Å²) in [6, 6.07) is 10.8. The third-order valence-corrected chi connectivity index (χ3v) is 6.39. The normalized spacial score (nSPS) is 19.8. The molecule has 1 aromatic heterocycles. The molecule has 1 fully saturated rings. The summed E-state index contributed by atoms with van der Waals surface area (Å²) in [5.41, 5.74) is 3.51. The molecule has 1 aliphatic rings. The Hall–Kier alpha value is -1.95. The van der Waals surface area contributed by atoms with Gasteiger partial charge in [0.05, 0.1) is 11.4 Å². The summed E-state index contributed by atoms with van der Waals surface area (Å²) < 4.78 is 1.97. The second-order valence-electron chi connectivity index (χ2n) is 7.40. The highest BCUT2D eigenvalue weighted by molar-refractivity contribution is 7.99. The van der Waals surface area contributed by atoms with Gasteiger partial charge in [-0.2, -0.15) is 16.9 Å². The molecule has 1 aliphatic carbocycles. The minimum Gasteiger partial charge on any atom is -0.357 e. The maximum atomic E-state index is 4.80. The summed E-state index contributed by atoms with van der Waals surface area (Å²) in [7, 11) is 0. The van der Waals surface area contributed by atoms with Gasteiger partial charge in [0.25, 0.3) is 0 Å².